The minimum atomic E-state index is 0.386. The molecule has 1 unspecified atom stereocenters. The van der Waals surface area contributed by atoms with E-state index in [2.05, 4.69) is 30.0 Å². The molecule has 17 heavy (non-hydrogen) atoms. The minimum absolute atomic E-state index is 0.386. The number of nitrogen functional groups attached to an aromatic ring is 1. The average Bonchev–Trinajstić information content (AvgIpc) is 2.33. The molecule has 1 heterocycles. The molecule has 3 nitrogen and oxygen atoms in total. The first-order chi connectivity index (χ1) is 8.22. The van der Waals surface area contributed by atoms with Crippen molar-refractivity contribution in [2.45, 2.75) is 19.4 Å². The lowest BCUT2D eigenvalue weighted by molar-refractivity contribution is 0.700. The number of benzene rings is 1. The zero-order chi connectivity index (χ0) is 12.3. The van der Waals surface area contributed by atoms with Crippen LogP contribution in [0.5, 0.6) is 0 Å². The van der Waals surface area contributed by atoms with E-state index in [4.69, 9.17) is 11.0 Å². The van der Waals surface area contributed by atoms with Gasteiger partial charge in [-0.3, -0.25) is 0 Å². The summed E-state index contributed by atoms with van der Waals surface area (Å²) in [6, 6.07) is 8.74. The Morgan fingerprint density at radius 2 is 2.41 bits per heavy atom. The van der Waals surface area contributed by atoms with Crippen LogP contribution in [-0.4, -0.2) is 24.1 Å². The van der Waals surface area contributed by atoms with Crippen LogP contribution in [0.25, 0.3) is 0 Å². The highest BCUT2D eigenvalue weighted by Crippen LogP contribution is 2.27. The van der Waals surface area contributed by atoms with Gasteiger partial charge in [0.1, 0.15) is 0 Å². The maximum absolute atomic E-state index is 8.77. The van der Waals surface area contributed by atoms with Crippen LogP contribution in [0, 0.1) is 11.3 Å². The minimum Gasteiger partial charge on any atom is -0.398 e. The molecule has 1 aromatic carbocycles. The average molecular weight is 247 g/mol. The van der Waals surface area contributed by atoms with Crippen molar-refractivity contribution in [3.8, 4) is 6.07 Å². The van der Waals surface area contributed by atoms with Crippen LogP contribution in [0.3, 0.4) is 0 Å². The van der Waals surface area contributed by atoms with Gasteiger partial charge in [-0.05, 0) is 30.7 Å². The quantitative estimate of drug-likeness (QED) is 0.815. The molecule has 0 aliphatic carbocycles. The molecule has 0 spiro atoms. The molecular weight excluding hydrogens is 230 g/mol. The molecule has 1 saturated heterocycles. The maximum Gasteiger partial charge on any atom is 0.0670 e. The number of anilines is 2. The van der Waals surface area contributed by atoms with E-state index in [9.17, 15) is 0 Å². The van der Waals surface area contributed by atoms with Gasteiger partial charge in [-0.25, -0.2) is 0 Å². The number of hydrogen-bond acceptors (Lipinski definition) is 4. The fraction of sp³-hybridized carbons (Fsp3) is 0.462. The Hall–Kier alpha value is -1.34. The molecule has 0 bridgehead atoms. The second-order valence-corrected chi connectivity index (χ2v) is 5.49. The summed E-state index contributed by atoms with van der Waals surface area (Å²) < 4.78 is 0. The third-order valence-corrected chi connectivity index (χ3v) is 4.28. The van der Waals surface area contributed by atoms with Gasteiger partial charge in [-0.15, -0.1) is 0 Å². The Morgan fingerprint density at radius 3 is 3.12 bits per heavy atom. The molecule has 1 aromatic rings. The van der Waals surface area contributed by atoms with E-state index >= 15 is 0 Å². The second kappa shape index (κ2) is 5.33. The van der Waals surface area contributed by atoms with Gasteiger partial charge in [0, 0.05) is 35.5 Å². The lowest BCUT2D eigenvalue weighted by Gasteiger charge is -2.35. The summed E-state index contributed by atoms with van der Waals surface area (Å²) in [5, 5.41) is 8.77. The van der Waals surface area contributed by atoms with E-state index in [0.29, 0.717) is 18.2 Å². The summed E-state index contributed by atoms with van der Waals surface area (Å²) in [6.45, 7) is 3.31. The lowest BCUT2D eigenvalue weighted by atomic mass is 10.1. The van der Waals surface area contributed by atoms with E-state index in [1.165, 1.54) is 11.4 Å². The van der Waals surface area contributed by atoms with E-state index in [1.807, 2.05) is 17.8 Å². The van der Waals surface area contributed by atoms with Crippen molar-refractivity contribution in [3.05, 3.63) is 23.8 Å². The molecule has 4 heteroatoms. The zero-order valence-corrected chi connectivity index (χ0v) is 10.8. The third kappa shape index (κ3) is 2.67. The number of hydrogen-bond donors (Lipinski definition) is 1. The van der Waals surface area contributed by atoms with Crippen LogP contribution >= 0.6 is 11.8 Å². The molecule has 0 saturated carbocycles. The van der Waals surface area contributed by atoms with Crippen molar-refractivity contribution in [1.82, 2.24) is 0 Å². The van der Waals surface area contributed by atoms with Crippen molar-refractivity contribution >= 4 is 23.1 Å². The Morgan fingerprint density at radius 1 is 1.59 bits per heavy atom. The first-order valence-corrected chi connectivity index (χ1v) is 6.97. The molecule has 2 rings (SSSR count). The molecule has 1 atom stereocenters. The van der Waals surface area contributed by atoms with Crippen molar-refractivity contribution in [2.24, 2.45) is 0 Å². The maximum atomic E-state index is 8.77. The molecule has 2 N–H and O–H groups in total. The van der Waals surface area contributed by atoms with Crippen LogP contribution in [0.15, 0.2) is 18.2 Å². The predicted molar refractivity (Wildman–Crippen MR) is 74.3 cm³/mol. The Kier molecular flexibility index (Phi) is 3.80. The van der Waals surface area contributed by atoms with Crippen LogP contribution in [0.4, 0.5) is 11.4 Å². The van der Waals surface area contributed by atoms with E-state index < -0.39 is 0 Å². The van der Waals surface area contributed by atoms with Gasteiger partial charge in [-0.1, -0.05) is 0 Å². The summed E-state index contributed by atoms with van der Waals surface area (Å²) in [7, 11) is 0. The fourth-order valence-electron chi connectivity index (χ4n) is 2.12. The van der Waals surface area contributed by atoms with E-state index in [0.717, 1.165) is 17.9 Å². The topological polar surface area (TPSA) is 53.0 Å². The smallest absolute Gasteiger partial charge is 0.0670 e. The molecular formula is C13H17N3S. The highest BCUT2D eigenvalue weighted by atomic mass is 32.2. The number of thioether (sulfide) groups is 1. The summed E-state index contributed by atoms with van der Waals surface area (Å²) in [6.07, 6.45) is 0.386. The normalized spacial score (nSPS) is 20.0. The summed E-state index contributed by atoms with van der Waals surface area (Å²) in [5.41, 5.74) is 8.72. The molecule has 0 amide bonds. The van der Waals surface area contributed by atoms with Crippen LogP contribution in [0.1, 0.15) is 12.5 Å². The third-order valence-electron chi connectivity index (χ3n) is 3.10. The predicted octanol–water partition coefficient (Wildman–Crippen LogP) is 2.28. The van der Waals surface area contributed by atoms with Crippen LogP contribution in [-0.2, 0) is 6.42 Å². The molecule has 1 aliphatic heterocycles. The first kappa shape index (κ1) is 12.1. The molecule has 1 aliphatic rings. The monoisotopic (exact) mass is 247 g/mol. The first-order valence-electron chi connectivity index (χ1n) is 5.82. The zero-order valence-electron chi connectivity index (χ0n) is 10.0. The summed E-state index contributed by atoms with van der Waals surface area (Å²) >= 11 is 2.00. The second-order valence-electron chi connectivity index (χ2n) is 4.34. The van der Waals surface area contributed by atoms with Crippen LogP contribution < -0.4 is 10.6 Å². The summed E-state index contributed by atoms with van der Waals surface area (Å²) in [4.78, 5) is 2.40. The van der Waals surface area contributed by atoms with Gasteiger partial charge in [0.2, 0.25) is 0 Å². The fourth-order valence-corrected chi connectivity index (χ4v) is 3.13. The molecule has 0 radical (unpaired) electrons. The molecule has 1 fully saturated rings. The van der Waals surface area contributed by atoms with Gasteiger partial charge in [-0.2, -0.15) is 17.0 Å². The van der Waals surface area contributed by atoms with E-state index in [1.54, 1.807) is 0 Å². The van der Waals surface area contributed by atoms with Gasteiger partial charge >= 0.3 is 0 Å². The van der Waals surface area contributed by atoms with Crippen LogP contribution in [0.2, 0.25) is 0 Å². The largest absolute Gasteiger partial charge is 0.398 e. The Bertz CT molecular complexity index is 439. The van der Waals surface area contributed by atoms with Crippen molar-refractivity contribution in [2.75, 3.05) is 28.7 Å². The SMILES string of the molecule is CC1CSCCN1c1ccc(N)c(CC#N)c1. The van der Waals surface area contributed by atoms with Crippen molar-refractivity contribution < 1.29 is 0 Å². The Labute approximate surface area is 107 Å². The van der Waals surface area contributed by atoms with Gasteiger partial charge in [0.15, 0.2) is 0 Å². The lowest BCUT2D eigenvalue weighted by Crippen LogP contribution is -2.40. The highest BCUT2D eigenvalue weighted by molar-refractivity contribution is 7.99. The van der Waals surface area contributed by atoms with Gasteiger partial charge in [0.25, 0.3) is 0 Å². The van der Waals surface area contributed by atoms with Crippen molar-refractivity contribution in [1.29, 1.82) is 5.26 Å². The van der Waals surface area contributed by atoms with Gasteiger partial charge in [0.05, 0.1) is 12.5 Å². The highest BCUT2D eigenvalue weighted by Gasteiger charge is 2.19. The van der Waals surface area contributed by atoms with E-state index in [-0.39, 0.29) is 0 Å². The summed E-state index contributed by atoms with van der Waals surface area (Å²) in [5.74, 6) is 2.33. The van der Waals surface area contributed by atoms with Crippen molar-refractivity contribution in [3.63, 3.8) is 0 Å². The van der Waals surface area contributed by atoms with Gasteiger partial charge < -0.3 is 10.6 Å². The molecule has 90 valence electrons. The molecule has 0 aromatic heterocycles. The number of nitrogens with two attached hydrogens (primary N) is 1. The number of nitrogens with zero attached hydrogens (tertiary/aromatic N) is 2. The number of nitriles is 1. The Balaban J connectivity index is 2.26. The standard InChI is InChI=1S/C13H17N3S/c1-10-9-17-7-6-16(10)12-2-3-13(15)11(8-12)4-5-14/h2-3,8,10H,4,6-7,9,15H2,1H3. The number of rotatable bonds is 2.